The molecule has 0 bridgehead atoms. The average molecular weight is 710 g/mol. The number of aryl methyl sites for hydroxylation is 2. The van der Waals surface area contributed by atoms with Gasteiger partial charge in [0.25, 0.3) is 0 Å². The van der Waals surface area contributed by atoms with E-state index in [1.54, 1.807) is 0 Å². The van der Waals surface area contributed by atoms with Gasteiger partial charge < -0.3 is 20.4 Å². The fraction of sp³-hybridized carbons (Fsp3) is 0.625. The Balaban J connectivity index is 0.00000178. The van der Waals surface area contributed by atoms with Crippen LogP contribution in [-0.2, 0) is 45.2 Å². The Bertz CT molecular complexity index is 1250. The van der Waals surface area contributed by atoms with Gasteiger partial charge >= 0.3 is 5.97 Å². The minimum atomic E-state index is -1.19. The van der Waals surface area contributed by atoms with Crippen molar-refractivity contribution in [3.63, 3.8) is 0 Å². The molecule has 1 aliphatic carbocycles. The van der Waals surface area contributed by atoms with E-state index in [1.165, 1.54) is 36.8 Å². The number of rotatable bonds is 13. The normalized spacial score (nSPS) is 16.9. The van der Waals surface area contributed by atoms with Crippen LogP contribution in [0.25, 0.3) is 0 Å². The van der Waals surface area contributed by atoms with Gasteiger partial charge in [0.05, 0.1) is 12.1 Å². The minimum absolute atomic E-state index is 0. The number of carboxylic acid groups (broad SMARTS) is 1. The smallest absolute Gasteiger partial charge is 0.329 e. The van der Waals surface area contributed by atoms with Crippen LogP contribution in [0.15, 0.2) is 34.3 Å². The van der Waals surface area contributed by atoms with Gasteiger partial charge in [-0.25, -0.2) is 4.79 Å². The number of phenols is 2. The molecule has 0 spiro atoms. The van der Waals surface area contributed by atoms with Crippen molar-refractivity contribution in [2.75, 3.05) is 6.61 Å². The summed E-state index contributed by atoms with van der Waals surface area (Å²) in [6.45, 7) is 16.6. The number of hydrogen-bond donors (Lipinski definition) is 4. The number of nitrogens with zero attached hydrogens (tertiary/aromatic N) is 2. The molecule has 2 aromatic carbocycles. The van der Waals surface area contributed by atoms with Gasteiger partial charge in [0, 0.05) is 51.5 Å². The molecule has 0 aliphatic heterocycles. The zero-order valence-electron chi connectivity index (χ0n) is 30.7. The second-order valence-electron chi connectivity index (χ2n) is 15.1. The summed E-state index contributed by atoms with van der Waals surface area (Å²) in [7, 11) is 0. The van der Waals surface area contributed by atoms with Crippen molar-refractivity contribution >= 4 is 18.4 Å². The summed E-state index contributed by atoms with van der Waals surface area (Å²) in [5, 5.41) is 37.5. The van der Waals surface area contributed by atoms with Crippen LogP contribution < -0.4 is 0 Å². The molecule has 271 valence electrons. The molecule has 7 nitrogen and oxygen atoms in total. The van der Waals surface area contributed by atoms with E-state index < -0.39 is 12.6 Å². The van der Waals surface area contributed by atoms with Crippen molar-refractivity contribution in [1.29, 1.82) is 0 Å². The van der Waals surface area contributed by atoms with E-state index in [2.05, 4.69) is 79.7 Å². The second kappa shape index (κ2) is 20.7. The number of phenolic OH excluding ortho intramolecular Hbond substituents is 2. The number of aliphatic hydroxyl groups excluding tert-OH is 1. The molecular weight excluding hydrogens is 647 g/mol. The first-order chi connectivity index (χ1) is 22.1. The number of carboxylic acids is 1. The van der Waals surface area contributed by atoms with Gasteiger partial charge in [0.1, 0.15) is 18.1 Å². The molecule has 1 aliphatic rings. The van der Waals surface area contributed by atoms with Crippen molar-refractivity contribution in [2.45, 2.75) is 155 Å². The summed E-state index contributed by atoms with van der Waals surface area (Å²) in [4.78, 5) is 19.2. The van der Waals surface area contributed by atoms with Gasteiger partial charge in [-0.2, -0.15) is 0 Å². The van der Waals surface area contributed by atoms with E-state index in [-0.39, 0.29) is 39.7 Å². The summed E-state index contributed by atoms with van der Waals surface area (Å²) in [5.41, 5.74) is 5.85. The van der Waals surface area contributed by atoms with Crippen molar-refractivity contribution < 1.29 is 42.0 Å². The Kier molecular flexibility index (Phi) is 18.7. The predicted octanol–water partition coefficient (Wildman–Crippen LogP) is 9.07. The third-order valence-electron chi connectivity index (χ3n) is 8.79. The van der Waals surface area contributed by atoms with Crippen molar-refractivity contribution in [3.05, 3.63) is 57.6 Å². The standard InChI is InChI=1S/C38H58N2O2.C2H4O3.Co/c1-9-11-13-17-27-21-29(35(41)31(23-27)37(3,4)5)25-39-33-19-15-16-20-34(33)40-26-30-22-28(18-14-12-10-2)24-32(36(30)42)38(6,7)8;3-1-2(4)5;/h21-26,33-34,41-42H,9-20H2,1-8H3;3H,1H2,(H,4,5);. The monoisotopic (exact) mass is 709 g/mol. The van der Waals surface area contributed by atoms with Crippen LogP contribution in [-0.4, -0.2) is 57.5 Å². The topological polar surface area (TPSA) is 123 Å². The molecule has 0 heterocycles. The maximum atomic E-state index is 11.2. The van der Waals surface area contributed by atoms with E-state index in [4.69, 9.17) is 25.0 Å². The molecule has 0 aromatic heterocycles. The maximum Gasteiger partial charge on any atom is 0.329 e. The quantitative estimate of drug-likeness (QED) is 0.122. The molecule has 1 saturated carbocycles. The van der Waals surface area contributed by atoms with E-state index in [1.807, 2.05) is 12.4 Å². The van der Waals surface area contributed by atoms with Crippen LogP contribution in [0.2, 0.25) is 0 Å². The number of aromatic hydroxyl groups is 2. The van der Waals surface area contributed by atoms with Gasteiger partial charge in [0.2, 0.25) is 0 Å². The predicted molar refractivity (Wildman–Crippen MR) is 196 cm³/mol. The molecule has 2 unspecified atom stereocenters. The number of hydrogen-bond acceptors (Lipinski definition) is 6. The molecule has 2 atom stereocenters. The number of aliphatic carboxylic acids is 1. The van der Waals surface area contributed by atoms with Crippen LogP contribution in [0, 0.1) is 0 Å². The molecule has 3 rings (SSSR count). The third-order valence-corrected chi connectivity index (χ3v) is 8.79. The Morgan fingerprint density at radius 1 is 0.729 bits per heavy atom. The summed E-state index contributed by atoms with van der Waals surface area (Å²) >= 11 is 0. The molecule has 48 heavy (non-hydrogen) atoms. The summed E-state index contributed by atoms with van der Waals surface area (Å²) in [5.74, 6) is -0.494. The zero-order chi connectivity index (χ0) is 35.2. The van der Waals surface area contributed by atoms with Gasteiger partial charge in [-0.3, -0.25) is 9.98 Å². The molecule has 0 saturated heterocycles. The molecule has 0 amide bonds. The van der Waals surface area contributed by atoms with E-state index >= 15 is 0 Å². The number of carbonyl (C=O) groups is 1. The molecule has 2 aromatic rings. The molecule has 1 fully saturated rings. The summed E-state index contributed by atoms with van der Waals surface area (Å²) < 4.78 is 0. The third kappa shape index (κ3) is 14.0. The average Bonchev–Trinajstić information content (AvgIpc) is 3.00. The van der Waals surface area contributed by atoms with E-state index in [0.717, 1.165) is 73.6 Å². The number of unbranched alkanes of at least 4 members (excludes halogenated alkanes) is 4. The molecule has 1 radical (unpaired) electrons. The zero-order valence-corrected chi connectivity index (χ0v) is 31.8. The van der Waals surface area contributed by atoms with Gasteiger partial charge in [-0.15, -0.1) is 0 Å². The van der Waals surface area contributed by atoms with Crippen molar-refractivity contribution in [2.24, 2.45) is 9.98 Å². The van der Waals surface area contributed by atoms with Gasteiger partial charge in [-0.05, 0) is 72.6 Å². The Hall–Kier alpha value is -2.68. The fourth-order valence-corrected chi connectivity index (χ4v) is 6.02. The summed E-state index contributed by atoms with van der Waals surface area (Å²) in [6.07, 6.45) is 17.2. The Morgan fingerprint density at radius 3 is 1.38 bits per heavy atom. The summed E-state index contributed by atoms with van der Waals surface area (Å²) in [6, 6.07) is 8.75. The Labute approximate surface area is 300 Å². The van der Waals surface area contributed by atoms with E-state index in [0.29, 0.717) is 11.5 Å². The maximum absolute atomic E-state index is 11.2. The molecule has 8 heteroatoms. The Morgan fingerprint density at radius 2 is 1.08 bits per heavy atom. The minimum Gasteiger partial charge on any atom is -0.507 e. The first kappa shape index (κ1) is 43.3. The molecule has 4 N–H and O–H groups in total. The van der Waals surface area contributed by atoms with Crippen LogP contribution >= 0.6 is 0 Å². The van der Waals surface area contributed by atoms with Crippen molar-refractivity contribution in [3.8, 4) is 11.5 Å². The van der Waals surface area contributed by atoms with Gasteiger partial charge in [0.15, 0.2) is 0 Å². The SMILES string of the molecule is CCCCCc1cc(C=NC2CCCCC2N=Cc2cc(CCCCC)cc(C(C)(C)C)c2O)c(O)c(C(C)(C)C)c1.O=C(O)CO.[Co]. The van der Waals surface area contributed by atoms with Crippen LogP contribution in [0.3, 0.4) is 0 Å². The van der Waals surface area contributed by atoms with Crippen LogP contribution in [0.5, 0.6) is 11.5 Å². The van der Waals surface area contributed by atoms with E-state index in [9.17, 15) is 10.2 Å². The largest absolute Gasteiger partial charge is 0.507 e. The van der Waals surface area contributed by atoms with Crippen LogP contribution in [0.1, 0.15) is 153 Å². The second-order valence-corrected chi connectivity index (χ2v) is 15.1. The first-order valence-electron chi connectivity index (χ1n) is 17.7. The number of benzene rings is 2. The number of aliphatic imine (C=N–C) groups is 2. The first-order valence-corrected chi connectivity index (χ1v) is 17.7. The van der Waals surface area contributed by atoms with Crippen LogP contribution in [0.4, 0.5) is 0 Å². The number of aliphatic hydroxyl groups is 1. The van der Waals surface area contributed by atoms with Gasteiger partial charge in [-0.1, -0.05) is 106 Å². The fourth-order valence-electron chi connectivity index (χ4n) is 6.02. The van der Waals surface area contributed by atoms with Crippen molar-refractivity contribution in [1.82, 2.24) is 0 Å². The molecular formula is C40H62CoN2O5.